The van der Waals surface area contributed by atoms with Crippen molar-refractivity contribution in [3.05, 3.63) is 64.7 Å². The van der Waals surface area contributed by atoms with E-state index in [1.54, 1.807) is 19.1 Å². The van der Waals surface area contributed by atoms with Crippen molar-refractivity contribution in [1.82, 2.24) is 4.98 Å². The van der Waals surface area contributed by atoms with Crippen LogP contribution >= 0.6 is 11.3 Å². The number of benzene rings is 2. The second-order valence-corrected chi connectivity index (χ2v) is 7.41. The number of phenols is 1. The Morgan fingerprint density at radius 2 is 1.97 bits per heavy atom. The molecule has 0 fully saturated rings. The second kappa shape index (κ2) is 9.54. The number of carboxylic acids is 1. The van der Waals surface area contributed by atoms with Crippen molar-refractivity contribution in [2.24, 2.45) is 0 Å². The summed E-state index contributed by atoms with van der Waals surface area (Å²) in [5.41, 5.74) is 3.64. The standard InChI is InChI=1S/C22H23NO5S/c1-3-27-20(22(25)26)11-16-6-9-19(10-14(16)2)28-12-17-13-29-21(23-17)15-4-7-18(24)8-5-15/h4-10,13,20,24H,3,11-12H2,1-2H3,(H,25,26). The highest BCUT2D eigenvalue weighted by Crippen LogP contribution is 2.26. The predicted octanol–water partition coefficient (Wildman–Crippen LogP) is 4.44. The molecule has 1 atom stereocenters. The van der Waals surface area contributed by atoms with Gasteiger partial charge in [-0.15, -0.1) is 11.3 Å². The Bertz CT molecular complexity index is 968. The second-order valence-electron chi connectivity index (χ2n) is 6.55. The topological polar surface area (TPSA) is 88.9 Å². The first-order valence-corrected chi connectivity index (χ1v) is 10.1. The largest absolute Gasteiger partial charge is 0.508 e. The van der Waals surface area contributed by atoms with Crippen molar-refractivity contribution in [2.45, 2.75) is 33.0 Å². The summed E-state index contributed by atoms with van der Waals surface area (Å²) in [6.07, 6.45) is -0.532. The normalized spacial score (nSPS) is 11.9. The molecular weight excluding hydrogens is 390 g/mol. The fraction of sp³-hybridized carbons (Fsp3) is 0.273. The lowest BCUT2D eigenvalue weighted by Crippen LogP contribution is -2.26. The number of aromatic hydroxyl groups is 1. The molecule has 0 saturated carbocycles. The van der Waals surface area contributed by atoms with Crippen LogP contribution in [0.15, 0.2) is 47.8 Å². The molecule has 0 saturated heterocycles. The molecule has 0 bridgehead atoms. The van der Waals surface area contributed by atoms with E-state index in [1.165, 1.54) is 11.3 Å². The summed E-state index contributed by atoms with van der Waals surface area (Å²) in [6, 6.07) is 12.5. The van der Waals surface area contributed by atoms with Gasteiger partial charge >= 0.3 is 5.97 Å². The fourth-order valence-corrected chi connectivity index (χ4v) is 3.68. The molecule has 3 rings (SSSR count). The summed E-state index contributed by atoms with van der Waals surface area (Å²) in [7, 11) is 0. The Morgan fingerprint density at radius 3 is 2.62 bits per heavy atom. The van der Waals surface area contributed by atoms with E-state index in [1.807, 2.05) is 42.6 Å². The van der Waals surface area contributed by atoms with Gasteiger partial charge < -0.3 is 19.7 Å². The molecular formula is C22H23NO5S. The SMILES string of the molecule is CCOC(Cc1ccc(OCc2csc(-c3ccc(O)cc3)n2)cc1C)C(=O)O. The van der Waals surface area contributed by atoms with Crippen LogP contribution in [-0.2, 0) is 22.6 Å². The van der Waals surface area contributed by atoms with Gasteiger partial charge in [-0.25, -0.2) is 9.78 Å². The lowest BCUT2D eigenvalue weighted by Gasteiger charge is -2.15. The molecule has 1 aromatic heterocycles. The molecule has 0 amide bonds. The van der Waals surface area contributed by atoms with E-state index in [0.717, 1.165) is 27.4 Å². The van der Waals surface area contributed by atoms with Gasteiger partial charge in [0.25, 0.3) is 0 Å². The monoisotopic (exact) mass is 413 g/mol. The van der Waals surface area contributed by atoms with Gasteiger partial charge in [0, 0.05) is 24.0 Å². The van der Waals surface area contributed by atoms with Gasteiger partial charge in [0.1, 0.15) is 23.1 Å². The minimum absolute atomic E-state index is 0.226. The smallest absolute Gasteiger partial charge is 0.333 e. The van der Waals surface area contributed by atoms with Gasteiger partial charge in [0.15, 0.2) is 6.10 Å². The molecule has 0 radical (unpaired) electrons. The molecule has 7 heteroatoms. The lowest BCUT2D eigenvalue weighted by atomic mass is 10.0. The third-order valence-corrected chi connectivity index (χ3v) is 5.36. The van der Waals surface area contributed by atoms with E-state index in [-0.39, 0.29) is 5.75 Å². The van der Waals surface area contributed by atoms with Crippen LogP contribution in [0.4, 0.5) is 0 Å². The third-order valence-electron chi connectivity index (χ3n) is 4.42. The molecule has 2 N–H and O–H groups in total. The molecule has 1 heterocycles. The minimum atomic E-state index is -0.959. The van der Waals surface area contributed by atoms with E-state index in [4.69, 9.17) is 9.47 Å². The van der Waals surface area contributed by atoms with E-state index < -0.39 is 12.1 Å². The molecule has 0 aliphatic heterocycles. The molecule has 3 aromatic rings. The van der Waals surface area contributed by atoms with Gasteiger partial charge in [0.2, 0.25) is 0 Å². The number of rotatable bonds is 9. The Balaban J connectivity index is 1.62. The van der Waals surface area contributed by atoms with Crippen LogP contribution < -0.4 is 4.74 Å². The fourth-order valence-electron chi connectivity index (χ4n) is 2.87. The van der Waals surface area contributed by atoms with E-state index >= 15 is 0 Å². The van der Waals surface area contributed by atoms with E-state index in [9.17, 15) is 15.0 Å². The number of aliphatic carboxylic acids is 1. The van der Waals surface area contributed by atoms with Crippen LogP contribution in [0.1, 0.15) is 23.7 Å². The molecule has 29 heavy (non-hydrogen) atoms. The van der Waals surface area contributed by atoms with Gasteiger partial charge in [-0.3, -0.25) is 0 Å². The number of phenolic OH excluding ortho intramolecular Hbond substituents is 1. The Labute approximate surface area is 173 Å². The van der Waals surface area contributed by atoms with Crippen LogP contribution in [0, 0.1) is 6.92 Å². The van der Waals surface area contributed by atoms with Crippen molar-refractivity contribution < 1.29 is 24.5 Å². The van der Waals surface area contributed by atoms with Crippen molar-refractivity contribution in [2.75, 3.05) is 6.61 Å². The van der Waals surface area contributed by atoms with Gasteiger partial charge in [-0.1, -0.05) is 6.07 Å². The molecule has 6 nitrogen and oxygen atoms in total. The number of aryl methyl sites for hydroxylation is 1. The summed E-state index contributed by atoms with van der Waals surface area (Å²) < 4.78 is 11.1. The van der Waals surface area contributed by atoms with Gasteiger partial charge in [0.05, 0.1) is 5.69 Å². The maximum Gasteiger partial charge on any atom is 0.333 e. The Hall–Kier alpha value is -2.90. The van der Waals surface area contributed by atoms with E-state index in [2.05, 4.69) is 4.98 Å². The number of aromatic nitrogens is 1. The zero-order chi connectivity index (χ0) is 20.8. The third kappa shape index (κ3) is 5.56. The highest BCUT2D eigenvalue weighted by atomic mass is 32.1. The Morgan fingerprint density at radius 1 is 1.21 bits per heavy atom. The number of ether oxygens (including phenoxy) is 2. The highest BCUT2D eigenvalue weighted by Gasteiger charge is 2.19. The van der Waals surface area contributed by atoms with Crippen LogP contribution in [0.25, 0.3) is 10.6 Å². The number of nitrogens with zero attached hydrogens (tertiary/aromatic N) is 1. The molecule has 152 valence electrons. The summed E-state index contributed by atoms with van der Waals surface area (Å²) in [4.78, 5) is 15.9. The average molecular weight is 413 g/mol. The van der Waals surface area contributed by atoms with Gasteiger partial charge in [-0.05, 0) is 61.4 Å². The summed E-state index contributed by atoms with van der Waals surface area (Å²) in [5, 5.41) is 21.5. The number of carbonyl (C=O) groups is 1. The highest BCUT2D eigenvalue weighted by molar-refractivity contribution is 7.13. The number of thiazole rings is 1. The molecule has 2 aromatic carbocycles. The number of carboxylic acid groups (broad SMARTS) is 1. The lowest BCUT2D eigenvalue weighted by molar-refractivity contribution is -0.149. The molecule has 0 aliphatic carbocycles. The Kier molecular flexibility index (Phi) is 6.85. The van der Waals surface area contributed by atoms with Crippen molar-refractivity contribution in [3.63, 3.8) is 0 Å². The zero-order valence-corrected chi connectivity index (χ0v) is 17.1. The maximum absolute atomic E-state index is 11.3. The van der Waals surface area contributed by atoms with Crippen LogP contribution in [0.5, 0.6) is 11.5 Å². The maximum atomic E-state index is 11.3. The number of hydrogen-bond acceptors (Lipinski definition) is 6. The molecule has 0 aliphatic rings. The quantitative estimate of drug-likeness (QED) is 0.539. The van der Waals surface area contributed by atoms with Crippen molar-refractivity contribution in [1.29, 1.82) is 0 Å². The average Bonchev–Trinajstić information content (AvgIpc) is 3.17. The summed E-state index contributed by atoms with van der Waals surface area (Å²) in [5.74, 6) is -0.0307. The summed E-state index contributed by atoms with van der Waals surface area (Å²) in [6.45, 7) is 4.41. The van der Waals surface area contributed by atoms with Gasteiger partial charge in [-0.2, -0.15) is 0 Å². The van der Waals surface area contributed by atoms with Crippen LogP contribution in [0.2, 0.25) is 0 Å². The first kappa shape index (κ1) is 20.8. The number of hydrogen-bond donors (Lipinski definition) is 2. The van der Waals surface area contributed by atoms with E-state index in [0.29, 0.717) is 25.4 Å². The first-order chi connectivity index (χ1) is 14.0. The predicted molar refractivity (Wildman–Crippen MR) is 111 cm³/mol. The molecule has 0 spiro atoms. The van der Waals surface area contributed by atoms with Crippen molar-refractivity contribution >= 4 is 17.3 Å². The zero-order valence-electron chi connectivity index (χ0n) is 16.3. The van der Waals surface area contributed by atoms with Crippen molar-refractivity contribution in [3.8, 4) is 22.1 Å². The summed E-state index contributed by atoms with van der Waals surface area (Å²) >= 11 is 1.52. The van der Waals surface area contributed by atoms with Crippen LogP contribution in [0.3, 0.4) is 0 Å². The minimum Gasteiger partial charge on any atom is -0.508 e. The van der Waals surface area contributed by atoms with Crippen LogP contribution in [-0.4, -0.2) is 33.9 Å². The first-order valence-electron chi connectivity index (χ1n) is 9.26. The molecule has 1 unspecified atom stereocenters.